The topological polar surface area (TPSA) is 58.2 Å². The summed E-state index contributed by atoms with van der Waals surface area (Å²) in [6, 6.07) is 0. The van der Waals surface area contributed by atoms with Gasteiger partial charge in [-0.05, 0) is 31.6 Å². The second kappa shape index (κ2) is 3.26. The lowest BCUT2D eigenvalue weighted by Gasteiger charge is -2.41. The molecule has 0 unspecified atom stereocenters. The molecule has 0 aromatic carbocycles. The molecule has 2 N–H and O–H groups in total. The van der Waals surface area contributed by atoms with E-state index in [9.17, 15) is 9.59 Å². The molecule has 4 heteroatoms. The van der Waals surface area contributed by atoms with Gasteiger partial charge in [0.2, 0.25) is 11.8 Å². The van der Waals surface area contributed by atoms with Crippen LogP contribution in [-0.2, 0) is 9.59 Å². The molecule has 2 aliphatic rings. The summed E-state index contributed by atoms with van der Waals surface area (Å²) in [5.74, 6) is 0.621. The van der Waals surface area contributed by atoms with Gasteiger partial charge >= 0.3 is 0 Å². The Balaban J connectivity index is 2.12. The summed E-state index contributed by atoms with van der Waals surface area (Å²) in [7, 11) is 0. The highest BCUT2D eigenvalue weighted by molar-refractivity contribution is 5.97. The standard InChI is InChI=1S/C10H16N2O2/c1-7-2-4-10(5-3-7)9(14)11-6-8(13)12-10/h7H,2-6H2,1H3,(H,11,14)(H,12,13). The summed E-state index contributed by atoms with van der Waals surface area (Å²) in [6.07, 6.45) is 3.61. The van der Waals surface area contributed by atoms with Gasteiger partial charge in [-0.1, -0.05) is 6.92 Å². The summed E-state index contributed by atoms with van der Waals surface area (Å²) in [5.41, 5.74) is -0.582. The van der Waals surface area contributed by atoms with Crippen molar-refractivity contribution in [2.75, 3.05) is 6.54 Å². The minimum absolute atomic E-state index is 0.00370. The van der Waals surface area contributed by atoms with Crippen LogP contribution in [0.1, 0.15) is 32.6 Å². The summed E-state index contributed by atoms with van der Waals surface area (Å²) in [5, 5.41) is 5.51. The number of nitrogens with one attached hydrogen (secondary N) is 2. The lowest BCUT2D eigenvalue weighted by atomic mass is 9.76. The normalized spacial score (nSPS) is 37.9. The van der Waals surface area contributed by atoms with Crippen LogP contribution in [0.5, 0.6) is 0 Å². The van der Waals surface area contributed by atoms with E-state index in [-0.39, 0.29) is 18.4 Å². The minimum Gasteiger partial charge on any atom is -0.345 e. The van der Waals surface area contributed by atoms with Gasteiger partial charge in [-0.2, -0.15) is 0 Å². The van der Waals surface area contributed by atoms with Crippen LogP contribution in [0.15, 0.2) is 0 Å². The molecule has 78 valence electrons. The zero-order chi connectivity index (χ0) is 10.2. The van der Waals surface area contributed by atoms with Crippen molar-refractivity contribution in [3.8, 4) is 0 Å². The van der Waals surface area contributed by atoms with Crippen LogP contribution in [0.3, 0.4) is 0 Å². The van der Waals surface area contributed by atoms with Gasteiger partial charge in [0.1, 0.15) is 5.54 Å². The first-order valence-electron chi connectivity index (χ1n) is 5.22. The lowest BCUT2D eigenvalue weighted by Crippen LogP contribution is -2.66. The van der Waals surface area contributed by atoms with E-state index < -0.39 is 5.54 Å². The van der Waals surface area contributed by atoms with E-state index in [0.717, 1.165) is 25.7 Å². The van der Waals surface area contributed by atoms with Gasteiger partial charge in [-0.3, -0.25) is 9.59 Å². The molecule has 1 aliphatic carbocycles. The van der Waals surface area contributed by atoms with Crippen LogP contribution in [0.4, 0.5) is 0 Å². The van der Waals surface area contributed by atoms with Gasteiger partial charge < -0.3 is 10.6 Å². The Morgan fingerprint density at radius 1 is 1.29 bits per heavy atom. The largest absolute Gasteiger partial charge is 0.345 e. The van der Waals surface area contributed by atoms with Crippen molar-refractivity contribution in [1.82, 2.24) is 10.6 Å². The van der Waals surface area contributed by atoms with Gasteiger partial charge in [0.15, 0.2) is 0 Å². The van der Waals surface area contributed by atoms with Gasteiger partial charge in [-0.25, -0.2) is 0 Å². The molecular formula is C10H16N2O2. The maximum absolute atomic E-state index is 11.7. The predicted octanol–water partition coefficient (Wildman–Crippen LogP) is 0.181. The first-order valence-corrected chi connectivity index (χ1v) is 5.22. The smallest absolute Gasteiger partial charge is 0.246 e. The van der Waals surface area contributed by atoms with E-state index in [1.807, 2.05) is 0 Å². The summed E-state index contributed by atoms with van der Waals surface area (Å²) in [6.45, 7) is 2.32. The molecule has 1 saturated heterocycles. The van der Waals surface area contributed by atoms with Crippen molar-refractivity contribution in [1.29, 1.82) is 0 Å². The van der Waals surface area contributed by atoms with Crippen molar-refractivity contribution < 1.29 is 9.59 Å². The first kappa shape index (κ1) is 9.49. The Hall–Kier alpha value is -1.06. The van der Waals surface area contributed by atoms with Crippen molar-refractivity contribution in [2.45, 2.75) is 38.1 Å². The Morgan fingerprint density at radius 3 is 2.57 bits per heavy atom. The molecule has 0 atom stereocenters. The zero-order valence-electron chi connectivity index (χ0n) is 8.43. The zero-order valence-corrected chi connectivity index (χ0v) is 8.43. The fourth-order valence-electron chi connectivity index (χ4n) is 2.30. The second-order valence-electron chi connectivity index (χ2n) is 4.50. The summed E-state index contributed by atoms with van der Waals surface area (Å²) in [4.78, 5) is 22.9. The third kappa shape index (κ3) is 1.49. The number of amides is 2. The number of carbonyl (C=O) groups is 2. The molecular weight excluding hydrogens is 180 g/mol. The second-order valence-corrected chi connectivity index (χ2v) is 4.50. The van der Waals surface area contributed by atoms with E-state index >= 15 is 0 Å². The summed E-state index contributed by atoms with van der Waals surface area (Å²) < 4.78 is 0. The summed E-state index contributed by atoms with van der Waals surface area (Å²) >= 11 is 0. The molecule has 4 nitrogen and oxygen atoms in total. The number of hydrogen-bond acceptors (Lipinski definition) is 2. The molecule has 2 rings (SSSR count). The highest BCUT2D eigenvalue weighted by atomic mass is 16.2. The van der Waals surface area contributed by atoms with E-state index in [1.54, 1.807) is 0 Å². The fraction of sp³-hybridized carbons (Fsp3) is 0.800. The molecule has 1 heterocycles. The van der Waals surface area contributed by atoms with E-state index in [0.29, 0.717) is 5.92 Å². The Labute approximate surface area is 83.4 Å². The SMILES string of the molecule is CC1CCC2(CC1)NC(=O)CNC2=O. The van der Waals surface area contributed by atoms with Crippen LogP contribution >= 0.6 is 0 Å². The highest BCUT2D eigenvalue weighted by Gasteiger charge is 2.44. The monoisotopic (exact) mass is 196 g/mol. The number of hydrogen-bond donors (Lipinski definition) is 2. The third-order valence-electron chi connectivity index (χ3n) is 3.35. The molecule has 0 radical (unpaired) electrons. The van der Waals surface area contributed by atoms with Gasteiger partial charge in [0, 0.05) is 0 Å². The highest BCUT2D eigenvalue weighted by Crippen LogP contribution is 2.32. The molecule has 0 aromatic heterocycles. The predicted molar refractivity (Wildman–Crippen MR) is 51.5 cm³/mol. The van der Waals surface area contributed by atoms with Crippen molar-refractivity contribution in [3.63, 3.8) is 0 Å². The molecule has 1 spiro atoms. The lowest BCUT2D eigenvalue weighted by molar-refractivity contribution is -0.140. The molecule has 2 amide bonds. The Kier molecular flexibility index (Phi) is 2.21. The van der Waals surface area contributed by atoms with Crippen molar-refractivity contribution in [2.24, 2.45) is 5.92 Å². The molecule has 1 aliphatic heterocycles. The van der Waals surface area contributed by atoms with Crippen LogP contribution in [0.2, 0.25) is 0 Å². The molecule has 14 heavy (non-hydrogen) atoms. The van der Waals surface area contributed by atoms with Crippen LogP contribution in [0.25, 0.3) is 0 Å². The van der Waals surface area contributed by atoms with Gasteiger partial charge in [0.25, 0.3) is 0 Å². The van der Waals surface area contributed by atoms with Gasteiger partial charge in [-0.15, -0.1) is 0 Å². The molecule has 0 bridgehead atoms. The van der Waals surface area contributed by atoms with Crippen LogP contribution < -0.4 is 10.6 Å². The molecule has 1 saturated carbocycles. The average molecular weight is 196 g/mol. The maximum Gasteiger partial charge on any atom is 0.246 e. The van der Waals surface area contributed by atoms with Crippen molar-refractivity contribution >= 4 is 11.8 Å². The third-order valence-corrected chi connectivity index (χ3v) is 3.35. The molecule has 2 fully saturated rings. The Morgan fingerprint density at radius 2 is 1.93 bits per heavy atom. The fourth-order valence-corrected chi connectivity index (χ4v) is 2.30. The van der Waals surface area contributed by atoms with Gasteiger partial charge in [0.05, 0.1) is 6.54 Å². The quantitative estimate of drug-likeness (QED) is 0.580. The maximum atomic E-state index is 11.7. The van der Waals surface area contributed by atoms with E-state index in [1.165, 1.54) is 0 Å². The van der Waals surface area contributed by atoms with Crippen LogP contribution in [-0.4, -0.2) is 23.9 Å². The molecule has 0 aromatic rings. The van der Waals surface area contributed by atoms with Crippen molar-refractivity contribution in [3.05, 3.63) is 0 Å². The number of carbonyl (C=O) groups excluding carboxylic acids is 2. The number of piperazine rings is 1. The minimum atomic E-state index is -0.582. The average Bonchev–Trinajstić information content (AvgIpc) is 2.17. The first-order chi connectivity index (χ1) is 6.62. The number of rotatable bonds is 0. The van der Waals surface area contributed by atoms with E-state index in [2.05, 4.69) is 17.6 Å². The van der Waals surface area contributed by atoms with Crippen LogP contribution in [0, 0.1) is 5.92 Å². The van der Waals surface area contributed by atoms with E-state index in [4.69, 9.17) is 0 Å². The Bertz CT molecular complexity index is 267.